The van der Waals surface area contributed by atoms with E-state index in [9.17, 15) is 0 Å². The third-order valence-corrected chi connectivity index (χ3v) is 5.45. The van der Waals surface area contributed by atoms with Crippen LogP contribution in [0.15, 0.2) is 42.7 Å². The van der Waals surface area contributed by atoms with Crippen LogP contribution in [0.2, 0.25) is 0 Å². The average Bonchev–Trinajstić information content (AvgIpc) is 2.73. The molecule has 1 aromatic carbocycles. The molecule has 5 heteroatoms. The number of aromatic nitrogens is 1. The van der Waals surface area contributed by atoms with Gasteiger partial charge in [0.15, 0.2) is 11.5 Å². The molecule has 1 fully saturated rings. The molecule has 0 bridgehead atoms. The zero-order chi connectivity index (χ0) is 19.8. The third-order valence-electron chi connectivity index (χ3n) is 5.45. The molecule has 28 heavy (non-hydrogen) atoms. The van der Waals surface area contributed by atoms with Gasteiger partial charge in [0.25, 0.3) is 0 Å². The summed E-state index contributed by atoms with van der Waals surface area (Å²) in [6.45, 7) is 9.45. The Morgan fingerprint density at radius 3 is 2.75 bits per heavy atom. The highest BCUT2D eigenvalue weighted by Crippen LogP contribution is 2.29. The number of methoxy groups -OCH3 is 1. The van der Waals surface area contributed by atoms with E-state index < -0.39 is 0 Å². The standard InChI is InChI=1S/C23H33N3O2/c1-18-5-4-12-26(16-18)19(2)14-25-15-21-6-7-22(23(13-21)27-3)28-17-20-8-10-24-11-9-20/h6-11,13,18-19,25H,4-5,12,14-17H2,1-3H3. The summed E-state index contributed by atoms with van der Waals surface area (Å²) in [4.78, 5) is 6.64. The number of nitrogens with one attached hydrogen (secondary N) is 1. The van der Waals surface area contributed by atoms with E-state index in [1.165, 1.54) is 31.5 Å². The number of ether oxygens (including phenoxy) is 2. The van der Waals surface area contributed by atoms with Gasteiger partial charge in [-0.05, 0) is 67.6 Å². The first-order valence-corrected chi connectivity index (χ1v) is 10.3. The van der Waals surface area contributed by atoms with E-state index in [0.29, 0.717) is 12.6 Å². The van der Waals surface area contributed by atoms with Crippen LogP contribution in [0.5, 0.6) is 11.5 Å². The highest BCUT2D eigenvalue weighted by Gasteiger charge is 2.20. The summed E-state index contributed by atoms with van der Waals surface area (Å²) >= 11 is 0. The molecule has 1 saturated heterocycles. The number of hydrogen-bond acceptors (Lipinski definition) is 5. The molecule has 1 N–H and O–H groups in total. The average molecular weight is 384 g/mol. The number of pyridine rings is 1. The van der Waals surface area contributed by atoms with E-state index in [-0.39, 0.29) is 0 Å². The molecule has 2 heterocycles. The highest BCUT2D eigenvalue weighted by atomic mass is 16.5. The molecule has 152 valence electrons. The van der Waals surface area contributed by atoms with Crippen molar-refractivity contribution in [1.82, 2.24) is 15.2 Å². The first-order valence-electron chi connectivity index (χ1n) is 10.3. The highest BCUT2D eigenvalue weighted by molar-refractivity contribution is 5.43. The Labute approximate surface area is 169 Å². The summed E-state index contributed by atoms with van der Waals surface area (Å²) in [5.41, 5.74) is 2.29. The van der Waals surface area contributed by atoms with Gasteiger partial charge in [-0.15, -0.1) is 0 Å². The van der Waals surface area contributed by atoms with Crippen molar-refractivity contribution < 1.29 is 9.47 Å². The number of piperidine rings is 1. The number of nitrogens with zero attached hydrogens (tertiary/aromatic N) is 2. The Bertz CT molecular complexity index is 723. The summed E-state index contributed by atoms with van der Waals surface area (Å²) in [7, 11) is 1.69. The van der Waals surface area contributed by atoms with E-state index in [2.05, 4.69) is 41.2 Å². The first kappa shape index (κ1) is 20.6. The molecule has 2 atom stereocenters. The maximum Gasteiger partial charge on any atom is 0.161 e. The number of hydrogen-bond donors (Lipinski definition) is 1. The fraction of sp³-hybridized carbons (Fsp3) is 0.522. The molecule has 3 rings (SSSR count). The quantitative estimate of drug-likeness (QED) is 0.712. The van der Waals surface area contributed by atoms with Crippen LogP contribution in [-0.2, 0) is 13.2 Å². The van der Waals surface area contributed by atoms with Crippen molar-refractivity contribution in [1.29, 1.82) is 0 Å². The Kier molecular flexibility index (Phi) is 7.69. The second kappa shape index (κ2) is 10.4. The fourth-order valence-electron chi connectivity index (χ4n) is 3.76. The minimum atomic E-state index is 0.502. The van der Waals surface area contributed by atoms with Crippen molar-refractivity contribution in [3.63, 3.8) is 0 Å². The number of likely N-dealkylation sites (tertiary alicyclic amines) is 1. The van der Waals surface area contributed by atoms with Crippen LogP contribution in [-0.4, -0.2) is 42.7 Å². The maximum absolute atomic E-state index is 5.92. The van der Waals surface area contributed by atoms with Crippen LogP contribution in [0.25, 0.3) is 0 Å². The van der Waals surface area contributed by atoms with E-state index in [0.717, 1.165) is 36.1 Å². The lowest BCUT2D eigenvalue weighted by Crippen LogP contribution is -2.45. The zero-order valence-electron chi connectivity index (χ0n) is 17.4. The van der Waals surface area contributed by atoms with Gasteiger partial charge in [0, 0.05) is 38.1 Å². The molecule has 0 aliphatic carbocycles. The van der Waals surface area contributed by atoms with Gasteiger partial charge in [-0.25, -0.2) is 0 Å². The Morgan fingerprint density at radius 1 is 1.18 bits per heavy atom. The minimum Gasteiger partial charge on any atom is -0.493 e. The van der Waals surface area contributed by atoms with Crippen molar-refractivity contribution in [3.8, 4) is 11.5 Å². The molecule has 0 saturated carbocycles. The molecule has 1 aliphatic rings. The van der Waals surface area contributed by atoms with Crippen LogP contribution < -0.4 is 14.8 Å². The Balaban J connectivity index is 1.49. The molecule has 2 unspecified atom stereocenters. The number of rotatable bonds is 9. The second-order valence-electron chi connectivity index (χ2n) is 7.85. The van der Waals surface area contributed by atoms with Crippen molar-refractivity contribution in [2.45, 2.75) is 45.9 Å². The van der Waals surface area contributed by atoms with E-state index in [4.69, 9.17) is 9.47 Å². The molecule has 1 aromatic heterocycles. The van der Waals surface area contributed by atoms with Crippen LogP contribution in [0, 0.1) is 5.92 Å². The molecular formula is C23H33N3O2. The Morgan fingerprint density at radius 2 is 2.00 bits per heavy atom. The van der Waals surface area contributed by atoms with Crippen LogP contribution in [0.3, 0.4) is 0 Å². The molecule has 0 radical (unpaired) electrons. The van der Waals surface area contributed by atoms with Gasteiger partial charge >= 0.3 is 0 Å². The van der Waals surface area contributed by atoms with Gasteiger partial charge in [-0.1, -0.05) is 13.0 Å². The van der Waals surface area contributed by atoms with E-state index in [1.807, 2.05) is 18.2 Å². The molecule has 0 amide bonds. The van der Waals surface area contributed by atoms with Crippen molar-refractivity contribution in [2.75, 3.05) is 26.7 Å². The van der Waals surface area contributed by atoms with Crippen LogP contribution >= 0.6 is 0 Å². The summed E-state index contributed by atoms with van der Waals surface area (Å²) < 4.78 is 11.5. The molecular weight excluding hydrogens is 350 g/mol. The zero-order valence-corrected chi connectivity index (χ0v) is 17.4. The first-order chi connectivity index (χ1) is 13.7. The monoisotopic (exact) mass is 383 g/mol. The van der Waals surface area contributed by atoms with Crippen molar-refractivity contribution in [3.05, 3.63) is 53.9 Å². The third kappa shape index (κ3) is 5.94. The van der Waals surface area contributed by atoms with Gasteiger partial charge in [0.1, 0.15) is 6.61 Å². The van der Waals surface area contributed by atoms with Gasteiger partial charge < -0.3 is 14.8 Å². The lowest BCUT2D eigenvalue weighted by atomic mass is 9.99. The lowest BCUT2D eigenvalue weighted by molar-refractivity contribution is 0.136. The maximum atomic E-state index is 5.92. The van der Waals surface area contributed by atoms with Crippen molar-refractivity contribution >= 4 is 0 Å². The van der Waals surface area contributed by atoms with E-state index in [1.54, 1.807) is 19.5 Å². The molecule has 5 nitrogen and oxygen atoms in total. The summed E-state index contributed by atoms with van der Waals surface area (Å²) in [6, 6.07) is 10.6. The predicted molar refractivity (Wildman–Crippen MR) is 113 cm³/mol. The van der Waals surface area contributed by atoms with Crippen LogP contribution in [0.4, 0.5) is 0 Å². The van der Waals surface area contributed by atoms with Crippen molar-refractivity contribution in [2.24, 2.45) is 5.92 Å². The molecule has 2 aromatic rings. The lowest BCUT2D eigenvalue weighted by Gasteiger charge is -2.35. The van der Waals surface area contributed by atoms with Crippen LogP contribution in [0.1, 0.15) is 37.8 Å². The summed E-state index contributed by atoms with van der Waals surface area (Å²) in [5.74, 6) is 2.35. The molecule has 1 aliphatic heterocycles. The van der Waals surface area contributed by atoms with Gasteiger partial charge in [0.2, 0.25) is 0 Å². The smallest absolute Gasteiger partial charge is 0.161 e. The largest absolute Gasteiger partial charge is 0.493 e. The number of benzene rings is 1. The normalized spacial score (nSPS) is 18.6. The van der Waals surface area contributed by atoms with Gasteiger partial charge in [0.05, 0.1) is 7.11 Å². The predicted octanol–water partition coefficient (Wildman–Crippen LogP) is 3.88. The van der Waals surface area contributed by atoms with Gasteiger partial charge in [-0.2, -0.15) is 0 Å². The van der Waals surface area contributed by atoms with E-state index >= 15 is 0 Å². The van der Waals surface area contributed by atoms with Gasteiger partial charge in [-0.3, -0.25) is 9.88 Å². The second-order valence-corrected chi connectivity index (χ2v) is 7.85. The fourth-order valence-corrected chi connectivity index (χ4v) is 3.76. The summed E-state index contributed by atoms with van der Waals surface area (Å²) in [6.07, 6.45) is 6.24. The summed E-state index contributed by atoms with van der Waals surface area (Å²) in [5, 5.41) is 3.60. The molecule has 0 spiro atoms. The minimum absolute atomic E-state index is 0.502. The topological polar surface area (TPSA) is 46.6 Å². The SMILES string of the molecule is COc1cc(CNCC(C)N2CCCC(C)C2)ccc1OCc1ccncc1. The Hall–Kier alpha value is -2.11.